The summed E-state index contributed by atoms with van der Waals surface area (Å²) >= 11 is 0. The van der Waals surface area contributed by atoms with Crippen LogP contribution in [0.4, 0.5) is 0 Å². The van der Waals surface area contributed by atoms with Gasteiger partial charge < -0.3 is 9.88 Å². The Morgan fingerprint density at radius 2 is 1.91 bits per heavy atom. The summed E-state index contributed by atoms with van der Waals surface area (Å²) in [7, 11) is 0. The van der Waals surface area contributed by atoms with Crippen molar-refractivity contribution in [2.24, 2.45) is 5.92 Å². The fourth-order valence-electron chi connectivity index (χ4n) is 3.38. The lowest BCUT2D eigenvalue weighted by atomic mass is 10.0. The summed E-state index contributed by atoms with van der Waals surface area (Å²) in [6, 6.07) is 8.12. The summed E-state index contributed by atoms with van der Waals surface area (Å²) < 4.78 is 1.90. The van der Waals surface area contributed by atoms with Crippen LogP contribution in [-0.2, 0) is 11.3 Å². The van der Waals surface area contributed by atoms with E-state index < -0.39 is 0 Å². The van der Waals surface area contributed by atoms with E-state index in [-0.39, 0.29) is 24.2 Å². The molecule has 2 aromatic rings. The smallest absolute Gasteiger partial charge is 0.240 e. The van der Waals surface area contributed by atoms with Crippen LogP contribution in [0.5, 0.6) is 0 Å². The number of fused-ring (bicyclic) bond motifs is 1. The Balaban J connectivity index is 1.85. The second kappa shape index (κ2) is 6.57. The molecule has 1 aliphatic rings. The highest BCUT2D eigenvalue weighted by Crippen LogP contribution is 2.24. The van der Waals surface area contributed by atoms with Crippen molar-refractivity contribution in [1.29, 1.82) is 0 Å². The lowest BCUT2D eigenvalue weighted by molar-refractivity contribution is -0.122. The first-order valence-corrected chi connectivity index (χ1v) is 8.47. The van der Waals surface area contributed by atoms with Crippen LogP contribution in [0.1, 0.15) is 49.9 Å². The van der Waals surface area contributed by atoms with Crippen molar-refractivity contribution in [2.45, 2.75) is 52.1 Å². The monoisotopic (exact) mass is 312 g/mol. The van der Waals surface area contributed by atoms with E-state index in [1.54, 1.807) is 0 Å². The van der Waals surface area contributed by atoms with E-state index in [1.807, 2.05) is 48.9 Å². The molecule has 1 fully saturated rings. The molecule has 0 spiro atoms. The van der Waals surface area contributed by atoms with Crippen molar-refractivity contribution in [3.63, 3.8) is 0 Å². The van der Waals surface area contributed by atoms with Crippen LogP contribution in [0, 0.1) is 5.92 Å². The number of ketones is 1. The van der Waals surface area contributed by atoms with Crippen LogP contribution in [-0.4, -0.2) is 22.3 Å². The maximum atomic E-state index is 12.4. The first-order chi connectivity index (χ1) is 11.1. The fourth-order valence-corrected chi connectivity index (χ4v) is 3.38. The molecule has 1 aromatic carbocycles. The van der Waals surface area contributed by atoms with Gasteiger partial charge >= 0.3 is 0 Å². The second-order valence-electron chi connectivity index (χ2n) is 6.76. The summed E-state index contributed by atoms with van der Waals surface area (Å²) in [5.74, 6) is 0.0962. The number of nitrogens with one attached hydrogen (secondary N) is 1. The van der Waals surface area contributed by atoms with Crippen molar-refractivity contribution >= 4 is 22.6 Å². The highest BCUT2D eigenvalue weighted by molar-refractivity contribution is 6.09. The van der Waals surface area contributed by atoms with Crippen molar-refractivity contribution in [3.05, 3.63) is 36.0 Å². The molecule has 0 atom stereocenters. The second-order valence-corrected chi connectivity index (χ2v) is 6.76. The molecule has 0 unspecified atom stereocenters. The van der Waals surface area contributed by atoms with Crippen LogP contribution >= 0.6 is 0 Å². The molecule has 3 rings (SSSR count). The van der Waals surface area contributed by atoms with E-state index in [9.17, 15) is 9.59 Å². The molecule has 4 heteroatoms. The van der Waals surface area contributed by atoms with Crippen LogP contribution in [0.3, 0.4) is 0 Å². The zero-order valence-electron chi connectivity index (χ0n) is 13.8. The third-order valence-corrected chi connectivity index (χ3v) is 4.61. The number of hydrogen-bond donors (Lipinski definition) is 1. The summed E-state index contributed by atoms with van der Waals surface area (Å²) in [4.78, 5) is 24.7. The minimum atomic E-state index is -0.0541. The van der Waals surface area contributed by atoms with E-state index in [1.165, 1.54) is 12.8 Å². The van der Waals surface area contributed by atoms with Crippen molar-refractivity contribution < 1.29 is 9.59 Å². The number of benzene rings is 1. The maximum absolute atomic E-state index is 12.4. The predicted octanol–water partition coefficient (Wildman–Crippen LogP) is 3.54. The van der Waals surface area contributed by atoms with Gasteiger partial charge in [0.05, 0.1) is 0 Å². The summed E-state index contributed by atoms with van der Waals surface area (Å²) in [5.41, 5.74) is 1.65. The lowest BCUT2D eigenvalue weighted by Gasteiger charge is -2.12. The molecule has 1 heterocycles. The van der Waals surface area contributed by atoms with E-state index >= 15 is 0 Å². The maximum Gasteiger partial charge on any atom is 0.240 e. The average molecular weight is 312 g/mol. The van der Waals surface area contributed by atoms with Crippen molar-refractivity contribution in [2.75, 3.05) is 0 Å². The Kier molecular flexibility index (Phi) is 4.51. The Morgan fingerprint density at radius 3 is 2.61 bits per heavy atom. The van der Waals surface area contributed by atoms with Gasteiger partial charge in [-0.25, -0.2) is 0 Å². The molecular formula is C19H24N2O2. The van der Waals surface area contributed by atoms with Crippen LogP contribution in [0.15, 0.2) is 30.5 Å². The molecule has 0 radical (unpaired) electrons. The molecule has 4 nitrogen and oxygen atoms in total. The molecule has 1 aromatic heterocycles. The van der Waals surface area contributed by atoms with Gasteiger partial charge in [0.25, 0.3) is 0 Å². The van der Waals surface area contributed by atoms with E-state index in [0.29, 0.717) is 11.6 Å². The number of carbonyl (C=O) groups is 2. The van der Waals surface area contributed by atoms with Gasteiger partial charge in [-0.2, -0.15) is 0 Å². The van der Waals surface area contributed by atoms with Gasteiger partial charge in [0.2, 0.25) is 5.91 Å². The number of hydrogen-bond acceptors (Lipinski definition) is 2. The minimum absolute atomic E-state index is 0.0289. The molecule has 1 aliphatic carbocycles. The molecule has 1 N–H and O–H groups in total. The van der Waals surface area contributed by atoms with Gasteiger partial charge in [-0.3, -0.25) is 9.59 Å². The summed E-state index contributed by atoms with van der Waals surface area (Å²) in [6.45, 7) is 4.07. The summed E-state index contributed by atoms with van der Waals surface area (Å²) in [5, 5.41) is 4.04. The van der Waals surface area contributed by atoms with Crippen LogP contribution in [0.25, 0.3) is 10.9 Å². The Hall–Kier alpha value is -2.10. The largest absolute Gasteiger partial charge is 0.352 e. The lowest BCUT2D eigenvalue weighted by Crippen LogP contribution is -2.35. The predicted molar refractivity (Wildman–Crippen MR) is 91.5 cm³/mol. The number of para-hydroxylation sites is 1. The van der Waals surface area contributed by atoms with Crippen LogP contribution in [0.2, 0.25) is 0 Å². The zero-order valence-corrected chi connectivity index (χ0v) is 13.8. The number of rotatable bonds is 5. The zero-order chi connectivity index (χ0) is 16.4. The van der Waals surface area contributed by atoms with Crippen LogP contribution < -0.4 is 5.32 Å². The molecule has 0 aliphatic heterocycles. The van der Waals surface area contributed by atoms with Gasteiger partial charge in [0.15, 0.2) is 5.78 Å². The molecule has 122 valence electrons. The van der Waals surface area contributed by atoms with Crippen molar-refractivity contribution in [3.8, 4) is 0 Å². The van der Waals surface area contributed by atoms with Crippen molar-refractivity contribution in [1.82, 2.24) is 9.88 Å². The number of aromatic nitrogens is 1. The highest BCUT2D eigenvalue weighted by Gasteiger charge is 2.20. The number of Topliss-reactive ketones (excluding diaryl/α,β-unsaturated/α-hetero) is 1. The van der Waals surface area contributed by atoms with Gasteiger partial charge in [-0.15, -0.1) is 0 Å². The molecule has 0 saturated heterocycles. The quantitative estimate of drug-likeness (QED) is 0.859. The highest BCUT2D eigenvalue weighted by atomic mass is 16.2. The number of carbonyl (C=O) groups excluding carboxylic acids is 2. The Bertz CT molecular complexity index is 724. The SMILES string of the molecule is CC(C)C(=O)c1cn(CC(=O)NC2CCCC2)c2ccccc12. The van der Waals surface area contributed by atoms with E-state index in [2.05, 4.69) is 5.32 Å². The van der Waals surface area contributed by atoms with Gasteiger partial charge in [-0.1, -0.05) is 44.9 Å². The summed E-state index contributed by atoms with van der Waals surface area (Å²) in [6.07, 6.45) is 6.39. The number of nitrogens with zero attached hydrogens (tertiary/aromatic N) is 1. The average Bonchev–Trinajstić information content (AvgIpc) is 3.15. The van der Waals surface area contributed by atoms with Gasteiger partial charge in [-0.05, 0) is 18.9 Å². The topological polar surface area (TPSA) is 51.1 Å². The first-order valence-electron chi connectivity index (χ1n) is 8.47. The standard InChI is InChI=1S/C19H24N2O2/c1-13(2)19(23)16-11-21(17-10-6-5-9-15(16)17)12-18(22)20-14-7-3-4-8-14/h5-6,9-11,13-14H,3-4,7-8,12H2,1-2H3,(H,20,22). The first kappa shape index (κ1) is 15.8. The Labute approximate surface area is 136 Å². The Morgan fingerprint density at radius 1 is 1.22 bits per heavy atom. The normalized spacial score (nSPS) is 15.4. The van der Waals surface area contributed by atoms with Gasteiger partial charge in [0.1, 0.15) is 6.54 Å². The third-order valence-electron chi connectivity index (χ3n) is 4.61. The molecule has 1 saturated carbocycles. The minimum Gasteiger partial charge on any atom is -0.352 e. The molecule has 1 amide bonds. The molecule has 0 bridgehead atoms. The number of amides is 1. The van der Waals surface area contributed by atoms with E-state index in [4.69, 9.17) is 0 Å². The molecular weight excluding hydrogens is 288 g/mol. The third kappa shape index (κ3) is 3.31. The van der Waals surface area contributed by atoms with Gasteiger partial charge in [0, 0.05) is 34.6 Å². The van der Waals surface area contributed by atoms with E-state index in [0.717, 1.165) is 23.7 Å². The molecule has 23 heavy (non-hydrogen) atoms. The fraction of sp³-hybridized carbons (Fsp3) is 0.474.